The molecule has 1 aliphatic rings. The summed E-state index contributed by atoms with van der Waals surface area (Å²) in [5.41, 5.74) is 5.71. The minimum absolute atomic E-state index is 0.0402. The third-order valence-corrected chi connectivity index (χ3v) is 3.32. The Bertz CT molecular complexity index is 262. The van der Waals surface area contributed by atoms with Gasteiger partial charge in [0.25, 0.3) is 0 Å². The lowest BCUT2D eigenvalue weighted by Crippen LogP contribution is -2.48. The van der Waals surface area contributed by atoms with Gasteiger partial charge in [-0.1, -0.05) is 19.3 Å². The Morgan fingerprint density at radius 2 is 1.94 bits per heavy atom. The number of carbonyl (C=O) groups excluding carboxylic acids is 2. The molecule has 0 aromatic carbocycles. The molecule has 0 saturated heterocycles. The fraction of sp³-hybridized carbons (Fsp3) is 0.833. The molecule has 4 N–H and O–H groups in total. The highest BCUT2D eigenvalue weighted by Gasteiger charge is 2.23. The molecular formula is C12H23N3O2. The van der Waals surface area contributed by atoms with Crippen LogP contribution < -0.4 is 16.4 Å². The van der Waals surface area contributed by atoms with E-state index in [4.69, 9.17) is 5.73 Å². The van der Waals surface area contributed by atoms with Gasteiger partial charge in [-0.05, 0) is 18.8 Å². The molecule has 98 valence electrons. The number of nitrogens with two attached hydrogens (primary N) is 1. The van der Waals surface area contributed by atoms with Crippen LogP contribution in [0.25, 0.3) is 0 Å². The maximum atomic E-state index is 11.6. The average Bonchev–Trinajstić information content (AvgIpc) is 2.34. The van der Waals surface area contributed by atoms with Crippen molar-refractivity contribution in [2.45, 2.75) is 45.1 Å². The smallest absolute Gasteiger partial charge is 0.239 e. The van der Waals surface area contributed by atoms with E-state index in [0.717, 1.165) is 12.8 Å². The number of amides is 2. The van der Waals surface area contributed by atoms with Crippen LogP contribution in [-0.2, 0) is 9.59 Å². The van der Waals surface area contributed by atoms with Crippen molar-refractivity contribution in [1.29, 1.82) is 0 Å². The van der Waals surface area contributed by atoms with Crippen molar-refractivity contribution in [3.8, 4) is 0 Å². The second-order valence-electron chi connectivity index (χ2n) is 4.72. The van der Waals surface area contributed by atoms with E-state index in [9.17, 15) is 9.59 Å². The van der Waals surface area contributed by atoms with Crippen molar-refractivity contribution in [2.24, 2.45) is 11.7 Å². The highest BCUT2D eigenvalue weighted by Crippen LogP contribution is 2.26. The normalized spacial score (nSPS) is 18.5. The molecular weight excluding hydrogens is 218 g/mol. The van der Waals surface area contributed by atoms with Crippen molar-refractivity contribution in [3.05, 3.63) is 0 Å². The van der Waals surface area contributed by atoms with Gasteiger partial charge < -0.3 is 16.4 Å². The molecule has 1 atom stereocenters. The van der Waals surface area contributed by atoms with Gasteiger partial charge in [-0.2, -0.15) is 0 Å². The number of hydrogen-bond donors (Lipinski definition) is 3. The summed E-state index contributed by atoms with van der Waals surface area (Å²) in [6, 6.07) is 0.0524. The average molecular weight is 241 g/mol. The molecule has 2 amide bonds. The van der Waals surface area contributed by atoms with E-state index in [1.54, 1.807) is 0 Å². The Balaban J connectivity index is 2.34. The molecule has 0 aromatic rings. The molecule has 1 fully saturated rings. The molecule has 5 nitrogen and oxygen atoms in total. The van der Waals surface area contributed by atoms with Crippen LogP contribution in [-0.4, -0.2) is 30.9 Å². The summed E-state index contributed by atoms with van der Waals surface area (Å²) in [5, 5.41) is 5.40. The fourth-order valence-corrected chi connectivity index (χ4v) is 2.37. The van der Waals surface area contributed by atoms with Crippen LogP contribution in [0.4, 0.5) is 0 Å². The van der Waals surface area contributed by atoms with Crippen molar-refractivity contribution >= 4 is 11.8 Å². The van der Waals surface area contributed by atoms with Gasteiger partial charge in [0.2, 0.25) is 11.8 Å². The largest absolute Gasteiger partial charge is 0.350 e. The van der Waals surface area contributed by atoms with Crippen LogP contribution in [0.3, 0.4) is 0 Å². The van der Waals surface area contributed by atoms with Crippen LogP contribution in [0, 0.1) is 5.92 Å². The van der Waals surface area contributed by atoms with Crippen LogP contribution in [0.2, 0.25) is 0 Å². The van der Waals surface area contributed by atoms with E-state index < -0.39 is 0 Å². The number of carbonyl (C=O) groups is 2. The fourth-order valence-electron chi connectivity index (χ4n) is 2.37. The van der Waals surface area contributed by atoms with Gasteiger partial charge in [0.05, 0.1) is 6.54 Å². The zero-order valence-corrected chi connectivity index (χ0v) is 10.5. The zero-order chi connectivity index (χ0) is 12.7. The molecule has 17 heavy (non-hydrogen) atoms. The first-order valence-corrected chi connectivity index (χ1v) is 6.37. The summed E-state index contributed by atoms with van der Waals surface area (Å²) in [7, 11) is 0. The topological polar surface area (TPSA) is 84.2 Å². The first-order valence-electron chi connectivity index (χ1n) is 6.37. The predicted molar refractivity (Wildman–Crippen MR) is 66.2 cm³/mol. The van der Waals surface area contributed by atoms with E-state index in [-0.39, 0.29) is 24.4 Å². The molecule has 1 rings (SSSR count). The van der Waals surface area contributed by atoms with Crippen molar-refractivity contribution < 1.29 is 9.59 Å². The molecule has 0 bridgehead atoms. The molecule has 1 unspecified atom stereocenters. The zero-order valence-electron chi connectivity index (χ0n) is 10.5. The van der Waals surface area contributed by atoms with Crippen LogP contribution in [0.1, 0.15) is 39.0 Å². The lowest BCUT2D eigenvalue weighted by atomic mass is 9.84. The Labute approximate surface area is 103 Å². The lowest BCUT2D eigenvalue weighted by Gasteiger charge is -2.30. The van der Waals surface area contributed by atoms with E-state index in [1.165, 1.54) is 26.2 Å². The van der Waals surface area contributed by atoms with Gasteiger partial charge in [0, 0.05) is 19.5 Å². The van der Waals surface area contributed by atoms with Crippen LogP contribution in [0.15, 0.2) is 0 Å². The molecule has 1 saturated carbocycles. The number of hydrogen-bond acceptors (Lipinski definition) is 3. The summed E-state index contributed by atoms with van der Waals surface area (Å²) in [5.74, 6) is 0.151. The SMILES string of the molecule is CC(=O)NCC(=O)NC(CN)C1CCCCC1. The molecule has 0 radical (unpaired) electrons. The van der Waals surface area contributed by atoms with Gasteiger partial charge in [-0.25, -0.2) is 0 Å². The first-order chi connectivity index (χ1) is 8.13. The molecule has 0 heterocycles. The third-order valence-electron chi connectivity index (χ3n) is 3.32. The molecule has 1 aliphatic carbocycles. The highest BCUT2D eigenvalue weighted by molar-refractivity contribution is 5.83. The van der Waals surface area contributed by atoms with E-state index in [1.807, 2.05) is 0 Å². The summed E-state index contributed by atoms with van der Waals surface area (Å²) < 4.78 is 0. The third kappa shape index (κ3) is 5.17. The second-order valence-corrected chi connectivity index (χ2v) is 4.72. The predicted octanol–water partition coefficient (Wildman–Crippen LogP) is 0.146. The van der Waals surface area contributed by atoms with Gasteiger partial charge in [0.1, 0.15) is 0 Å². The van der Waals surface area contributed by atoms with E-state index in [2.05, 4.69) is 10.6 Å². The molecule has 5 heteroatoms. The minimum Gasteiger partial charge on any atom is -0.350 e. The molecule has 0 aromatic heterocycles. The highest BCUT2D eigenvalue weighted by atomic mass is 16.2. The monoisotopic (exact) mass is 241 g/mol. The Morgan fingerprint density at radius 3 is 2.47 bits per heavy atom. The first kappa shape index (κ1) is 14.0. The summed E-state index contributed by atoms with van der Waals surface area (Å²) in [4.78, 5) is 22.3. The summed E-state index contributed by atoms with van der Waals surface area (Å²) in [6.07, 6.45) is 6.02. The quantitative estimate of drug-likeness (QED) is 0.640. The standard InChI is InChI=1S/C12H23N3O2/c1-9(16)14-8-12(17)15-11(7-13)10-5-3-2-4-6-10/h10-11H,2-8,13H2,1H3,(H,14,16)(H,15,17). The van der Waals surface area contributed by atoms with Crippen LogP contribution in [0.5, 0.6) is 0 Å². The number of nitrogens with one attached hydrogen (secondary N) is 2. The van der Waals surface area contributed by atoms with Crippen molar-refractivity contribution in [1.82, 2.24) is 10.6 Å². The lowest BCUT2D eigenvalue weighted by molar-refractivity contribution is -0.125. The van der Waals surface area contributed by atoms with Crippen LogP contribution >= 0.6 is 0 Å². The Kier molecular flexibility index (Phi) is 5.97. The Morgan fingerprint density at radius 1 is 1.29 bits per heavy atom. The molecule has 0 spiro atoms. The van der Waals surface area contributed by atoms with Gasteiger partial charge in [-0.3, -0.25) is 9.59 Å². The van der Waals surface area contributed by atoms with E-state index in [0.29, 0.717) is 12.5 Å². The van der Waals surface area contributed by atoms with Gasteiger partial charge in [0.15, 0.2) is 0 Å². The minimum atomic E-state index is -0.192. The molecule has 0 aliphatic heterocycles. The maximum Gasteiger partial charge on any atom is 0.239 e. The van der Waals surface area contributed by atoms with Crippen molar-refractivity contribution in [3.63, 3.8) is 0 Å². The summed E-state index contributed by atoms with van der Waals surface area (Å²) >= 11 is 0. The van der Waals surface area contributed by atoms with Gasteiger partial charge in [-0.15, -0.1) is 0 Å². The second kappa shape index (κ2) is 7.27. The number of rotatable bonds is 5. The van der Waals surface area contributed by atoms with Crippen molar-refractivity contribution in [2.75, 3.05) is 13.1 Å². The summed E-state index contributed by atoms with van der Waals surface area (Å²) in [6.45, 7) is 1.91. The maximum absolute atomic E-state index is 11.6. The van der Waals surface area contributed by atoms with E-state index >= 15 is 0 Å². The van der Waals surface area contributed by atoms with Gasteiger partial charge >= 0.3 is 0 Å². The Hall–Kier alpha value is -1.10.